The van der Waals surface area contributed by atoms with Crippen molar-refractivity contribution in [3.63, 3.8) is 0 Å². The molecule has 1 saturated carbocycles. The second-order valence-electron chi connectivity index (χ2n) is 9.77. The zero-order chi connectivity index (χ0) is 26.0. The highest BCUT2D eigenvalue weighted by Crippen LogP contribution is 2.33. The summed E-state index contributed by atoms with van der Waals surface area (Å²) in [5, 5.41) is 17.7. The minimum Gasteiger partial charge on any atom is -0.497 e. The van der Waals surface area contributed by atoms with E-state index in [1.807, 2.05) is 6.07 Å². The number of hydrogen-bond acceptors (Lipinski definition) is 7. The number of benzene rings is 2. The number of aliphatic hydroxyl groups excluding tert-OH is 1. The average Bonchev–Trinajstić information content (AvgIpc) is 2.90. The second kappa shape index (κ2) is 13.4. The summed E-state index contributed by atoms with van der Waals surface area (Å²) in [5.74, 6) is 2.00. The van der Waals surface area contributed by atoms with E-state index in [9.17, 15) is 14.7 Å². The van der Waals surface area contributed by atoms with Crippen LogP contribution in [0.2, 0.25) is 0 Å². The maximum absolute atomic E-state index is 12.8. The SMILES string of the molecule is COc1ccc(C(=O)CCCCCC(=O)NC(CNC2CCC2)C(O)c2ccc3c(c2)OCCO3)cc1. The molecule has 200 valence electrons. The van der Waals surface area contributed by atoms with E-state index in [1.165, 1.54) is 6.42 Å². The maximum Gasteiger partial charge on any atom is 0.220 e. The van der Waals surface area contributed by atoms with Crippen molar-refractivity contribution < 1.29 is 28.9 Å². The van der Waals surface area contributed by atoms with E-state index < -0.39 is 12.1 Å². The van der Waals surface area contributed by atoms with Crippen molar-refractivity contribution in [3.05, 3.63) is 53.6 Å². The Morgan fingerprint density at radius 2 is 1.73 bits per heavy atom. The van der Waals surface area contributed by atoms with Gasteiger partial charge >= 0.3 is 0 Å². The second-order valence-corrected chi connectivity index (χ2v) is 9.77. The number of ether oxygens (including phenoxy) is 3. The van der Waals surface area contributed by atoms with Crippen molar-refractivity contribution in [1.29, 1.82) is 0 Å². The summed E-state index contributed by atoms with van der Waals surface area (Å²) < 4.78 is 16.4. The number of unbranched alkanes of at least 4 members (excludes halogenated alkanes) is 2. The van der Waals surface area contributed by atoms with Crippen LogP contribution in [0.25, 0.3) is 0 Å². The number of fused-ring (bicyclic) bond motifs is 1. The molecule has 2 unspecified atom stereocenters. The number of hydrogen-bond donors (Lipinski definition) is 3. The van der Waals surface area contributed by atoms with E-state index in [0.717, 1.165) is 31.4 Å². The lowest BCUT2D eigenvalue weighted by molar-refractivity contribution is -0.122. The molecule has 8 heteroatoms. The van der Waals surface area contributed by atoms with Gasteiger partial charge in [0.15, 0.2) is 17.3 Å². The quantitative estimate of drug-likeness (QED) is 0.261. The Morgan fingerprint density at radius 1 is 1.00 bits per heavy atom. The first kappa shape index (κ1) is 26.9. The zero-order valence-corrected chi connectivity index (χ0v) is 21.5. The van der Waals surface area contributed by atoms with E-state index in [0.29, 0.717) is 67.7 Å². The largest absolute Gasteiger partial charge is 0.497 e. The molecule has 0 radical (unpaired) electrons. The van der Waals surface area contributed by atoms with Crippen molar-refractivity contribution in [2.24, 2.45) is 0 Å². The fourth-order valence-electron chi connectivity index (χ4n) is 4.57. The lowest BCUT2D eigenvalue weighted by atomic mass is 9.92. The van der Waals surface area contributed by atoms with Gasteiger partial charge in [0.25, 0.3) is 0 Å². The molecule has 2 atom stereocenters. The molecule has 3 N–H and O–H groups in total. The van der Waals surface area contributed by atoms with Gasteiger partial charge in [-0.3, -0.25) is 9.59 Å². The molecule has 1 fully saturated rings. The van der Waals surface area contributed by atoms with Crippen molar-refractivity contribution >= 4 is 11.7 Å². The lowest BCUT2D eigenvalue weighted by Crippen LogP contribution is -2.49. The van der Waals surface area contributed by atoms with Crippen LogP contribution in [0.5, 0.6) is 17.2 Å². The molecule has 1 aliphatic carbocycles. The molecular weight excluding hydrogens is 472 g/mol. The summed E-state index contributed by atoms with van der Waals surface area (Å²) in [4.78, 5) is 25.1. The fourth-order valence-corrected chi connectivity index (χ4v) is 4.57. The topological polar surface area (TPSA) is 106 Å². The molecule has 4 rings (SSSR count). The predicted octanol–water partition coefficient (Wildman–Crippen LogP) is 3.96. The van der Waals surface area contributed by atoms with Crippen LogP contribution in [0.3, 0.4) is 0 Å². The van der Waals surface area contributed by atoms with Crippen molar-refractivity contribution in [1.82, 2.24) is 10.6 Å². The molecule has 1 amide bonds. The highest BCUT2D eigenvalue weighted by Gasteiger charge is 2.26. The first-order valence-electron chi connectivity index (χ1n) is 13.3. The van der Waals surface area contributed by atoms with Crippen LogP contribution < -0.4 is 24.8 Å². The first-order chi connectivity index (χ1) is 18.0. The van der Waals surface area contributed by atoms with Crippen LogP contribution in [-0.2, 0) is 4.79 Å². The molecule has 0 saturated heterocycles. The van der Waals surface area contributed by atoms with Gasteiger partial charge < -0.3 is 30.0 Å². The number of ketones is 1. The summed E-state index contributed by atoms with van der Waals surface area (Å²) in [6, 6.07) is 12.5. The molecule has 2 aromatic carbocycles. The fraction of sp³-hybridized carbons (Fsp3) is 0.517. The van der Waals surface area contributed by atoms with Gasteiger partial charge in [-0.1, -0.05) is 18.9 Å². The van der Waals surface area contributed by atoms with E-state index in [1.54, 1.807) is 43.5 Å². The predicted molar refractivity (Wildman–Crippen MR) is 140 cm³/mol. The Labute approximate surface area is 218 Å². The monoisotopic (exact) mass is 510 g/mol. The molecule has 0 bridgehead atoms. The summed E-state index contributed by atoms with van der Waals surface area (Å²) in [6.07, 6.45) is 5.57. The Morgan fingerprint density at radius 3 is 2.43 bits per heavy atom. The average molecular weight is 511 g/mol. The highest BCUT2D eigenvalue weighted by molar-refractivity contribution is 5.96. The molecular formula is C29H38N2O6. The van der Waals surface area contributed by atoms with Gasteiger partial charge in [-0.25, -0.2) is 0 Å². The minimum absolute atomic E-state index is 0.0942. The van der Waals surface area contributed by atoms with Crippen LogP contribution in [0.15, 0.2) is 42.5 Å². The first-order valence-corrected chi connectivity index (χ1v) is 13.3. The van der Waals surface area contributed by atoms with Gasteiger partial charge in [-0.2, -0.15) is 0 Å². The normalized spacial score (nSPS) is 16.4. The molecule has 37 heavy (non-hydrogen) atoms. The van der Waals surface area contributed by atoms with Crippen molar-refractivity contribution in [3.8, 4) is 17.2 Å². The number of carbonyl (C=O) groups is 2. The van der Waals surface area contributed by atoms with Crippen LogP contribution in [0.1, 0.15) is 73.4 Å². The zero-order valence-electron chi connectivity index (χ0n) is 21.5. The van der Waals surface area contributed by atoms with Crippen molar-refractivity contribution in [2.45, 2.75) is 69.6 Å². The van der Waals surface area contributed by atoms with E-state index in [4.69, 9.17) is 14.2 Å². The summed E-state index contributed by atoms with van der Waals surface area (Å²) in [5.41, 5.74) is 1.36. The smallest absolute Gasteiger partial charge is 0.220 e. The standard InChI is InChI=1S/C29H38N2O6/c1-35-23-13-10-20(11-14-23)25(32)8-3-2-4-9-28(33)31-24(19-30-22-6-5-7-22)29(34)21-12-15-26-27(18-21)37-17-16-36-26/h10-15,18,22,24,29-30,34H,2-9,16-17,19H2,1H3,(H,31,33). The van der Waals surface area contributed by atoms with Crippen LogP contribution in [-0.4, -0.2) is 55.7 Å². The molecule has 2 aliphatic rings. The molecule has 1 aliphatic heterocycles. The van der Waals surface area contributed by atoms with Gasteiger partial charge in [0, 0.05) is 31.0 Å². The maximum atomic E-state index is 12.8. The molecule has 1 heterocycles. The highest BCUT2D eigenvalue weighted by atomic mass is 16.6. The summed E-state index contributed by atoms with van der Waals surface area (Å²) in [6.45, 7) is 1.47. The van der Waals surface area contributed by atoms with E-state index >= 15 is 0 Å². The van der Waals surface area contributed by atoms with Gasteiger partial charge in [-0.15, -0.1) is 0 Å². The van der Waals surface area contributed by atoms with Gasteiger partial charge in [-0.05, 0) is 67.6 Å². The summed E-state index contributed by atoms with van der Waals surface area (Å²) in [7, 11) is 1.60. The Hall–Kier alpha value is -3.10. The molecule has 0 aromatic heterocycles. The van der Waals surface area contributed by atoms with Gasteiger partial charge in [0.1, 0.15) is 25.1 Å². The number of amides is 1. The molecule has 2 aromatic rings. The van der Waals surface area contributed by atoms with E-state index in [-0.39, 0.29) is 11.7 Å². The van der Waals surface area contributed by atoms with Crippen molar-refractivity contribution in [2.75, 3.05) is 26.9 Å². The van der Waals surface area contributed by atoms with Gasteiger partial charge in [0.05, 0.1) is 13.2 Å². The number of aliphatic hydroxyl groups is 1. The number of carbonyl (C=O) groups excluding carboxylic acids is 2. The third-order valence-electron chi connectivity index (χ3n) is 7.09. The number of methoxy groups -OCH3 is 1. The van der Waals surface area contributed by atoms with Crippen LogP contribution in [0.4, 0.5) is 0 Å². The van der Waals surface area contributed by atoms with Crippen LogP contribution >= 0.6 is 0 Å². The van der Waals surface area contributed by atoms with Crippen LogP contribution in [0, 0.1) is 0 Å². The molecule has 0 spiro atoms. The Kier molecular flexibility index (Phi) is 9.79. The minimum atomic E-state index is -0.880. The Bertz CT molecular complexity index is 1040. The Balaban J connectivity index is 1.24. The number of rotatable bonds is 14. The van der Waals surface area contributed by atoms with Gasteiger partial charge in [0.2, 0.25) is 5.91 Å². The molecule has 8 nitrogen and oxygen atoms in total. The third-order valence-corrected chi connectivity index (χ3v) is 7.09. The lowest BCUT2D eigenvalue weighted by Gasteiger charge is -2.31. The summed E-state index contributed by atoms with van der Waals surface area (Å²) >= 11 is 0. The number of nitrogens with one attached hydrogen (secondary N) is 2. The van der Waals surface area contributed by atoms with E-state index in [2.05, 4.69) is 10.6 Å². The number of Topliss-reactive ketones (excluding diaryl/α,β-unsaturated/α-hetero) is 1. The third kappa shape index (κ3) is 7.69.